The van der Waals surface area contributed by atoms with Gasteiger partial charge in [0.15, 0.2) is 17.8 Å². The first-order valence-corrected chi connectivity index (χ1v) is 8.12. The Morgan fingerprint density at radius 2 is 1.58 bits per heavy atom. The maximum Gasteiger partial charge on any atom is 0.205 e. The highest BCUT2D eigenvalue weighted by atomic mass is 79.9. The Morgan fingerprint density at radius 1 is 0.917 bits per heavy atom. The van der Waals surface area contributed by atoms with Gasteiger partial charge in [0.1, 0.15) is 6.61 Å². The molecule has 0 aliphatic carbocycles. The van der Waals surface area contributed by atoms with E-state index in [2.05, 4.69) is 15.9 Å². The number of hydrogen-bond donors (Lipinski definition) is 0. The predicted molar refractivity (Wildman–Crippen MR) is 94.8 cm³/mol. The van der Waals surface area contributed by atoms with Gasteiger partial charge in [0.25, 0.3) is 0 Å². The standard InChI is InChI=1S/C18H21BrO5/c1-20-14-10-13(18(22-3)23-4)15(19)17(21-2)16(14)24-11-12-8-6-5-7-9-12/h5-10,18H,11H2,1-4H3. The average molecular weight is 397 g/mol. The molecule has 2 rings (SSSR count). The summed E-state index contributed by atoms with van der Waals surface area (Å²) in [4.78, 5) is 0. The van der Waals surface area contributed by atoms with Crippen molar-refractivity contribution in [1.29, 1.82) is 0 Å². The van der Waals surface area contributed by atoms with Gasteiger partial charge < -0.3 is 23.7 Å². The summed E-state index contributed by atoms with van der Waals surface area (Å²) in [5.41, 5.74) is 1.80. The third kappa shape index (κ3) is 4.01. The molecule has 0 unspecified atom stereocenters. The van der Waals surface area contributed by atoms with Crippen LogP contribution >= 0.6 is 15.9 Å². The van der Waals surface area contributed by atoms with Crippen LogP contribution in [0.5, 0.6) is 17.2 Å². The van der Waals surface area contributed by atoms with Crippen LogP contribution in [0.4, 0.5) is 0 Å². The first-order valence-electron chi connectivity index (χ1n) is 7.32. The quantitative estimate of drug-likeness (QED) is 0.621. The number of rotatable bonds is 8. The average Bonchev–Trinajstić information content (AvgIpc) is 2.63. The van der Waals surface area contributed by atoms with Crippen molar-refractivity contribution in [3.8, 4) is 17.2 Å². The van der Waals surface area contributed by atoms with Crippen molar-refractivity contribution in [3.63, 3.8) is 0 Å². The van der Waals surface area contributed by atoms with Gasteiger partial charge in [0.2, 0.25) is 5.75 Å². The second-order valence-electron chi connectivity index (χ2n) is 4.92. The molecular weight excluding hydrogens is 376 g/mol. The molecule has 6 heteroatoms. The fourth-order valence-corrected chi connectivity index (χ4v) is 2.98. The monoisotopic (exact) mass is 396 g/mol. The van der Waals surface area contributed by atoms with Gasteiger partial charge in [-0.2, -0.15) is 0 Å². The van der Waals surface area contributed by atoms with Gasteiger partial charge in [-0.25, -0.2) is 0 Å². The largest absolute Gasteiger partial charge is 0.493 e. The van der Waals surface area contributed by atoms with Gasteiger partial charge in [-0.15, -0.1) is 0 Å². The summed E-state index contributed by atoms with van der Waals surface area (Å²) in [5, 5.41) is 0. The lowest BCUT2D eigenvalue weighted by Crippen LogP contribution is -2.08. The normalized spacial score (nSPS) is 10.8. The van der Waals surface area contributed by atoms with E-state index >= 15 is 0 Å². The summed E-state index contributed by atoms with van der Waals surface area (Å²) < 4.78 is 28.3. The third-order valence-electron chi connectivity index (χ3n) is 3.50. The van der Waals surface area contributed by atoms with E-state index in [1.807, 2.05) is 36.4 Å². The van der Waals surface area contributed by atoms with E-state index in [0.717, 1.165) is 11.1 Å². The van der Waals surface area contributed by atoms with Crippen molar-refractivity contribution in [1.82, 2.24) is 0 Å². The van der Waals surface area contributed by atoms with Crippen molar-refractivity contribution in [3.05, 3.63) is 52.0 Å². The highest BCUT2D eigenvalue weighted by molar-refractivity contribution is 9.10. The van der Waals surface area contributed by atoms with Gasteiger partial charge in [-0.05, 0) is 27.6 Å². The van der Waals surface area contributed by atoms with Gasteiger partial charge in [-0.1, -0.05) is 30.3 Å². The molecule has 0 fully saturated rings. The van der Waals surface area contributed by atoms with Gasteiger partial charge >= 0.3 is 0 Å². The summed E-state index contributed by atoms with van der Waals surface area (Å²) in [7, 11) is 6.29. The second kappa shape index (κ2) is 8.92. The molecule has 24 heavy (non-hydrogen) atoms. The van der Waals surface area contributed by atoms with Crippen LogP contribution in [0.1, 0.15) is 17.4 Å². The molecule has 0 saturated carbocycles. The Bertz CT molecular complexity index is 656. The summed E-state index contributed by atoms with van der Waals surface area (Å²) in [5.74, 6) is 1.59. The topological polar surface area (TPSA) is 46.2 Å². The number of ether oxygens (including phenoxy) is 5. The summed E-state index contributed by atoms with van der Waals surface area (Å²) in [6.07, 6.45) is -0.551. The minimum atomic E-state index is -0.551. The molecule has 2 aromatic carbocycles. The molecule has 0 aliphatic heterocycles. The molecule has 0 aliphatic rings. The molecular formula is C18H21BrO5. The van der Waals surface area contributed by atoms with Crippen LogP contribution < -0.4 is 14.2 Å². The summed E-state index contributed by atoms with van der Waals surface area (Å²) in [6, 6.07) is 11.7. The summed E-state index contributed by atoms with van der Waals surface area (Å²) >= 11 is 3.54. The van der Waals surface area contributed by atoms with Crippen LogP contribution in [0.3, 0.4) is 0 Å². The minimum absolute atomic E-state index is 0.400. The number of halogens is 1. The molecule has 0 bridgehead atoms. The molecule has 0 amide bonds. The molecule has 0 aromatic heterocycles. The molecule has 5 nitrogen and oxygen atoms in total. The Morgan fingerprint density at radius 3 is 2.12 bits per heavy atom. The van der Waals surface area contributed by atoms with Crippen molar-refractivity contribution in [2.24, 2.45) is 0 Å². The van der Waals surface area contributed by atoms with Crippen LogP contribution in [0.15, 0.2) is 40.9 Å². The Labute approximate surface area is 150 Å². The predicted octanol–water partition coefficient (Wildman–Crippen LogP) is 4.34. The van der Waals surface area contributed by atoms with Crippen LogP contribution in [0, 0.1) is 0 Å². The number of hydrogen-bond acceptors (Lipinski definition) is 5. The lowest BCUT2D eigenvalue weighted by molar-refractivity contribution is -0.106. The zero-order chi connectivity index (χ0) is 17.5. The first kappa shape index (κ1) is 18.6. The zero-order valence-corrected chi connectivity index (χ0v) is 15.8. The molecule has 0 spiro atoms. The fourth-order valence-electron chi connectivity index (χ4n) is 2.33. The van der Waals surface area contributed by atoms with Crippen LogP contribution in [-0.4, -0.2) is 28.4 Å². The van der Waals surface area contributed by atoms with Crippen LogP contribution in [0.2, 0.25) is 0 Å². The van der Waals surface area contributed by atoms with Crippen LogP contribution in [-0.2, 0) is 16.1 Å². The van der Waals surface area contributed by atoms with Gasteiger partial charge in [0.05, 0.1) is 18.7 Å². The SMILES string of the molecule is COc1cc(C(OC)OC)c(Br)c(OC)c1OCc1ccccc1. The first-order chi connectivity index (χ1) is 11.7. The third-order valence-corrected chi connectivity index (χ3v) is 4.32. The van der Waals surface area contributed by atoms with Crippen molar-refractivity contribution < 1.29 is 23.7 Å². The smallest absolute Gasteiger partial charge is 0.205 e. The Hall–Kier alpha value is -1.76. The fraction of sp³-hybridized carbons (Fsp3) is 0.333. The van der Waals surface area contributed by atoms with Gasteiger partial charge in [0, 0.05) is 19.8 Å². The molecule has 0 heterocycles. The molecule has 130 valence electrons. The molecule has 2 aromatic rings. The molecule has 0 atom stereocenters. The van der Waals surface area contributed by atoms with Crippen molar-refractivity contribution >= 4 is 15.9 Å². The van der Waals surface area contributed by atoms with E-state index in [0.29, 0.717) is 28.3 Å². The van der Waals surface area contributed by atoms with E-state index in [4.69, 9.17) is 23.7 Å². The van der Waals surface area contributed by atoms with E-state index in [1.165, 1.54) is 0 Å². The maximum atomic E-state index is 5.96. The number of methoxy groups -OCH3 is 4. The molecule has 0 radical (unpaired) electrons. The van der Waals surface area contributed by atoms with Crippen LogP contribution in [0.25, 0.3) is 0 Å². The minimum Gasteiger partial charge on any atom is -0.493 e. The molecule has 0 saturated heterocycles. The zero-order valence-electron chi connectivity index (χ0n) is 14.2. The van der Waals surface area contributed by atoms with Crippen molar-refractivity contribution in [2.75, 3.05) is 28.4 Å². The Balaban J connectivity index is 2.41. The summed E-state index contributed by atoms with van der Waals surface area (Å²) in [6.45, 7) is 0.400. The van der Waals surface area contributed by atoms with E-state index < -0.39 is 6.29 Å². The molecule has 0 N–H and O–H groups in total. The van der Waals surface area contributed by atoms with E-state index in [-0.39, 0.29) is 0 Å². The van der Waals surface area contributed by atoms with E-state index in [1.54, 1.807) is 28.4 Å². The lowest BCUT2D eigenvalue weighted by atomic mass is 10.1. The van der Waals surface area contributed by atoms with Gasteiger partial charge in [-0.3, -0.25) is 0 Å². The highest BCUT2D eigenvalue weighted by Gasteiger charge is 2.24. The highest BCUT2D eigenvalue weighted by Crippen LogP contribution is 2.47. The Kier molecular flexibility index (Phi) is 6.90. The number of benzene rings is 2. The maximum absolute atomic E-state index is 5.96. The van der Waals surface area contributed by atoms with Crippen molar-refractivity contribution in [2.45, 2.75) is 12.9 Å². The van der Waals surface area contributed by atoms with E-state index in [9.17, 15) is 0 Å². The lowest BCUT2D eigenvalue weighted by Gasteiger charge is -2.21. The second-order valence-corrected chi connectivity index (χ2v) is 5.72.